The Morgan fingerprint density at radius 2 is 1.79 bits per heavy atom. The third-order valence-corrected chi connectivity index (χ3v) is 3.56. The Morgan fingerprint density at radius 1 is 1.21 bits per heavy atom. The molecule has 0 bridgehead atoms. The van der Waals surface area contributed by atoms with Crippen molar-refractivity contribution in [2.45, 2.75) is 52.1 Å². The van der Waals surface area contributed by atoms with Crippen LogP contribution in [0.1, 0.15) is 46.5 Å². The molecule has 0 aromatic rings. The molecule has 1 fully saturated rings. The summed E-state index contributed by atoms with van der Waals surface area (Å²) >= 11 is 0. The van der Waals surface area contributed by atoms with E-state index < -0.39 is 0 Å². The van der Waals surface area contributed by atoms with E-state index >= 15 is 0 Å². The number of rotatable bonds is 4. The van der Waals surface area contributed by atoms with Crippen molar-refractivity contribution in [1.82, 2.24) is 0 Å². The maximum Gasteiger partial charge on any atom is 0.0705 e. The van der Waals surface area contributed by atoms with Gasteiger partial charge in [-0.3, -0.25) is 0 Å². The minimum Gasteiger partial charge on any atom is -0.394 e. The second-order valence-electron chi connectivity index (χ2n) is 5.13. The molecule has 0 heterocycles. The summed E-state index contributed by atoms with van der Waals surface area (Å²) in [5.74, 6) is 1.56. The average Bonchev–Trinajstić information content (AvgIpc) is 2.16. The van der Waals surface area contributed by atoms with Crippen molar-refractivity contribution in [3.8, 4) is 0 Å². The van der Waals surface area contributed by atoms with Gasteiger partial charge >= 0.3 is 0 Å². The molecule has 2 heteroatoms. The molecule has 0 aromatic heterocycles. The Kier molecular flexibility index (Phi) is 4.39. The molecule has 14 heavy (non-hydrogen) atoms. The second kappa shape index (κ2) is 5.13. The van der Waals surface area contributed by atoms with E-state index in [9.17, 15) is 0 Å². The zero-order valence-electron chi connectivity index (χ0n) is 9.75. The highest BCUT2D eigenvalue weighted by Gasteiger charge is 2.32. The van der Waals surface area contributed by atoms with E-state index in [0.29, 0.717) is 12.5 Å². The molecule has 84 valence electrons. The number of hydrogen-bond acceptors (Lipinski definition) is 2. The standard InChI is InChI=1S/C12H24O2/c1-10-4-6-11(7-5-10)12(2,3)14-9-8-13/h10-11,13H,4-9H2,1-3H3. The molecule has 0 aromatic carbocycles. The van der Waals surface area contributed by atoms with Gasteiger partial charge in [0.2, 0.25) is 0 Å². The van der Waals surface area contributed by atoms with Crippen LogP contribution in [0.5, 0.6) is 0 Å². The smallest absolute Gasteiger partial charge is 0.0705 e. The molecule has 0 radical (unpaired) electrons. The van der Waals surface area contributed by atoms with Crippen molar-refractivity contribution in [1.29, 1.82) is 0 Å². The molecule has 0 saturated heterocycles. The molecule has 1 aliphatic carbocycles. The monoisotopic (exact) mass is 200 g/mol. The van der Waals surface area contributed by atoms with Crippen LogP contribution in [-0.4, -0.2) is 23.9 Å². The summed E-state index contributed by atoms with van der Waals surface area (Å²) in [5.41, 5.74) is -0.0527. The summed E-state index contributed by atoms with van der Waals surface area (Å²) in [4.78, 5) is 0. The largest absolute Gasteiger partial charge is 0.394 e. The first-order valence-corrected chi connectivity index (χ1v) is 5.81. The number of aliphatic hydroxyl groups is 1. The summed E-state index contributed by atoms with van der Waals surface area (Å²) < 4.78 is 5.70. The van der Waals surface area contributed by atoms with Crippen LogP contribution >= 0.6 is 0 Å². The van der Waals surface area contributed by atoms with E-state index in [4.69, 9.17) is 9.84 Å². The third-order valence-electron chi connectivity index (χ3n) is 3.56. The van der Waals surface area contributed by atoms with Gasteiger partial charge in [0.15, 0.2) is 0 Å². The predicted octanol–water partition coefficient (Wildman–Crippen LogP) is 2.60. The highest BCUT2D eigenvalue weighted by molar-refractivity contribution is 4.83. The lowest BCUT2D eigenvalue weighted by Gasteiger charge is -2.38. The van der Waals surface area contributed by atoms with Crippen molar-refractivity contribution >= 4 is 0 Å². The zero-order valence-corrected chi connectivity index (χ0v) is 9.75. The predicted molar refractivity (Wildman–Crippen MR) is 58.2 cm³/mol. The van der Waals surface area contributed by atoms with E-state index in [-0.39, 0.29) is 12.2 Å². The Bertz CT molecular complexity index is 158. The molecule has 0 aliphatic heterocycles. The first-order valence-electron chi connectivity index (χ1n) is 5.81. The van der Waals surface area contributed by atoms with Crippen LogP contribution in [0.15, 0.2) is 0 Å². The zero-order chi connectivity index (χ0) is 10.6. The van der Waals surface area contributed by atoms with Gasteiger partial charge in [0.05, 0.1) is 18.8 Å². The normalized spacial score (nSPS) is 29.1. The van der Waals surface area contributed by atoms with E-state index in [1.54, 1.807) is 0 Å². The quantitative estimate of drug-likeness (QED) is 0.756. The van der Waals surface area contributed by atoms with Crippen LogP contribution in [0.4, 0.5) is 0 Å². The Hall–Kier alpha value is -0.0800. The summed E-state index contributed by atoms with van der Waals surface area (Å²) in [7, 11) is 0. The molecule has 0 amide bonds. The van der Waals surface area contributed by atoms with Crippen molar-refractivity contribution in [3.63, 3.8) is 0 Å². The van der Waals surface area contributed by atoms with E-state index in [2.05, 4.69) is 20.8 Å². The SMILES string of the molecule is CC1CCC(C(C)(C)OCCO)CC1. The van der Waals surface area contributed by atoms with Gasteiger partial charge in [-0.05, 0) is 38.5 Å². The fraction of sp³-hybridized carbons (Fsp3) is 1.00. The topological polar surface area (TPSA) is 29.5 Å². The van der Waals surface area contributed by atoms with E-state index in [0.717, 1.165) is 5.92 Å². The fourth-order valence-electron chi connectivity index (χ4n) is 2.38. The van der Waals surface area contributed by atoms with Crippen LogP contribution in [0.3, 0.4) is 0 Å². The van der Waals surface area contributed by atoms with Crippen LogP contribution < -0.4 is 0 Å². The van der Waals surface area contributed by atoms with Gasteiger partial charge in [-0.1, -0.05) is 19.8 Å². The van der Waals surface area contributed by atoms with E-state index in [1.165, 1.54) is 25.7 Å². The molecule has 1 saturated carbocycles. The minimum absolute atomic E-state index is 0.0527. The van der Waals surface area contributed by atoms with Gasteiger partial charge in [-0.15, -0.1) is 0 Å². The lowest BCUT2D eigenvalue weighted by molar-refractivity contribution is -0.0824. The summed E-state index contributed by atoms with van der Waals surface area (Å²) in [6.45, 7) is 7.25. The fourth-order valence-corrected chi connectivity index (χ4v) is 2.38. The highest BCUT2D eigenvalue weighted by atomic mass is 16.5. The maximum atomic E-state index is 8.75. The van der Waals surface area contributed by atoms with Crippen molar-refractivity contribution < 1.29 is 9.84 Å². The van der Waals surface area contributed by atoms with Crippen molar-refractivity contribution in [2.75, 3.05) is 13.2 Å². The molecular weight excluding hydrogens is 176 g/mol. The second-order valence-corrected chi connectivity index (χ2v) is 5.13. The summed E-state index contributed by atoms with van der Waals surface area (Å²) in [6, 6.07) is 0. The summed E-state index contributed by atoms with van der Waals surface area (Å²) in [6.07, 6.45) is 5.21. The van der Waals surface area contributed by atoms with Crippen LogP contribution in [-0.2, 0) is 4.74 Å². The Morgan fingerprint density at radius 3 is 2.29 bits per heavy atom. The van der Waals surface area contributed by atoms with Gasteiger partial charge in [-0.25, -0.2) is 0 Å². The van der Waals surface area contributed by atoms with Gasteiger partial charge in [-0.2, -0.15) is 0 Å². The van der Waals surface area contributed by atoms with Gasteiger partial charge in [0.25, 0.3) is 0 Å². The first-order chi connectivity index (χ1) is 6.56. The Balaban J connectivity index is 2.38. The third kappa shape index (κ3) is 3.25. The highest BCUT2D eigenvalue weighted by Crippen LogP contribution is 2.36. The molecule has 1 rings (SSSR count). The number of aliphatic hydroxyl groups excluding tert-OH is 1. The summed E-state index contributed by atoms with van der Waals surface area (Å²) in [5, 5.41) is 8.75. The van der Waals surface area contributed by atoms with Gasteiger partial charge in [0, 0.05) is 0 Å². The number of ether oxygens (including phenoxy) is 1. The molecule has 1 aliphatic rings. The van der Waals surface area contributed by atoms with Crippen molar-refractivity contribution in [2.24, 2.45) is 11.8 Å². The van der Waals surface area contributed by atoms with E-state index in [1.807, 2.05) is 0 Å². The van der Waals surface area contributed by atoms with Crippen LogP contribution in [0.2, 0.25) is 0 Å². The number of hydrogen-bond donors (Lipinski definition) is 1. The first kappa shape index (κ1) is 12.0. The minimum atomic E-state index is -0.0527. The van der Waals surface area contributed by atoms with Crippen LogP contribution in [0, 0.1) is 11.8 Å². The molecule has 1 N–H and O–H groups in total. The van der Waals surface area contributed by atoms with Gasteiger partial charge in [0.1, 0.15) is 0 Å². The Labute approximate surface area is 87.7 Å². The molecule has 0 spiro atoms. The molecule has 2 nitrogen and oxygen atoms in total. The van der Waals surface area contributed by atoms with Gasteiger partial charge < -0.3 is 9.84 Å². The lowest BCUT2D eigenvalue weighted by Crippen LogP contribution is -2.37. The molecular formula is C12H24O2. The van der Waals surface area contributed by atoms with Crippen molar-refractivity contribution in [3.05, 3.63) is 0 Å². The molecule has 0 unspecified atom stereocenters. The molecule has 0 atom stereocenters. The lowest BCUT2D eigenvalue weighted by atomic mass is 9.75. The maximum absolute atomic E-state index is 8.75. The average molecular weight is 200 g/mol. The van der Waals surface area contributed by atoms with Crippen LogP contribution in [0.25, 0.3) is 0 Å².